The number of anilines is 1. The van der Waals surface area contributed by atoms with Gasteiger partial charge in [0.15, 0.2) is 11.5 Å². The average Bonchev–Trinajstić information content (AvgIpc) is 2.85. The van der Waals surface area contributed by atoms with E-state index in [1.54, 1.807) is 25.1 Å². The molecule has 2 aromatic rings. The summed E-state index contributed by atoms with van der Waals surface area (Å²) < 4.78 is 0. The van der Waals surface area contributed by atoms with Crippen LogP contribution in [-0.2, 0) is 4.84 Å². The fourth-order valence-corrected chi connectivity index (χ4v) is 1.70. The highest BCUT2D eigenvalue weighted by molar-refractivity contribution is 6.33. The Hall–Kier alpha value is -2.54. The Morgan fingerprint density at radius 1 is 1.50 bits per heavy atom. The molecule has 0 bridgehead atoms. The van der Waals surface area contributed by atoms with Crippen molar-refractivity contribution in [2.75, 3.05) is 5.73 Å². The van der Waals surface area contributed by atoms with Crippen LogP contribution in [0.2, 0.25) is 5.02 Å². The summed E-state index contributed by atoms with van der Waals surface area (Å²) in [6.45, 7) is 1.79. The van der Waals surface area contributed by atoms with Crippen LogP contribution in [0.3, 0.4) is 0 Å². The molecule has 20 heavy (non-hydrogen) atoms. The maximum atomic E-state index is 11.6. The van der Waals surface area contributed by atoms with Crippen LogP contribution in [0.25, 0.3) is 0 Å². The average molecular weight is 294 g/mol. The van der Waals surface area contributed by atoms with Gasteiger partial charge < -0.3 is 16.3 Å². The quantitative estimate of drug-likeness (QED) is 0.260. The van der Waals surface area contributed by atoms with E-state index in [4.69, 9.17) is 27.9 Å². The van der Waals surface area contributed by atoms with Crippen LogP contribution >= 0.6 is 11.6 Å². The van der Waals surface area contributed by atoms with Crippen molar-refractivity contribution in [3.63, 3.8) is 0 Å². The monoisotopic (exact) mass is 293 g/mol. The van der Waals surface area contributed by atoms with E-state index >= 15 is 0 Å². The Kier molecular flexibility index (Phi) is 3.90. The Bertz CT molecular complexity index is 680. The Morgan fingerprint density at radius 2 is 2.25 bits per heavy atom. The summed E-state index contributed by atoms with van der Waals surface area (Å²) in [4.78, 5) is 16.4. The molecule has 8 heteroatoms. The predicted molar refractivity (Wildman–Crippen MR) is 75.3 cm³/mol. The van der Waals surface area contributed by atoms with Crippen molar-refractivity contribution in [2.45, 2.75) is 6.92 Å². The second kappa shape index (κ2) is 5.62. The fourth-order valence-electron chi connectivity index (χ4n) is 1.53. The third kappa shape index (κ3) is 2.72. The maximum absolute atomic E-state index is 11.6. The van der Waals surface area contributed by atoms with Crippen LogP contribution in [0.15, 0.2) is 29.6 Å². The normalized spacial score (nSPS) is 11.4. The Morgan fingerprint density at radius 3 is 2.90 bits per heavy atom. The van der Waals surface area contributed by atoms with Gasteiger partial charge in [-0.05, 0) is 18.6 Å². The molecule has 0 amide bonds. The van der Waals surface area contributed by atoms with Crippen molar-refractivity contribution < 1.29 is 9.63 Å². The zero-order valence-electron chi connectivity index (χ0n) is 10.6. The number of carbonyl (C=O) groups is 1. The van der Waals surface area contributed by atoms with Crippen LogP contribution in [0.4, 0.5) is 5.69 Å². The molecule has 104 valence electrons. The third-order valence-electron chi connectivity index (χ3n) is 2.68. The number of nitrogen functional groups attached to an aromatic ring is 1. The van der Waals surface area contributed by atoms with Gasteiger partial charge in [-0.25, -0.2) is 4.79 Å². The topological polar surface area (TPSA) is 119 Å². The van der Waals surface area contributed by atoms with Crippen molar-refractivity contribution in [1.29, 1.82) is 0 Å². The number of carbonyl (C=O) groups excluding carboxylic acids is 1. The zero-order valence-corrected chi connectivity index (χ0v) is 11.3. The minimum Gasteiger partial charge on any atom is -0.398 e. The molecule has 1 heterocycles. The van der Waals surface area contributed by atoms with E-state index in [9.17, 15) is 4.79 Å². The largest absolute Gasteiger partial charge is 0.398 e. The first-order valence-electron chi connectivity index (χ1n) is 5.60. The second-order valence-electron chi connectivity index (χ2n) is 3.97. The lowest BCUT2D eigenvalue weighted by Gasteiger charge is -2.06. The van der Waals surface area contributed by atoms with Gasteiger partial charge in [0, 0.05) is 11.3 Å². The number of H-pyrrole nitrogens is 1. The molecule has 5 N–H and O–H groups in total. The summed E-state index contributed by atoms with van der Waals surface area (Å²) in [5.74, 6) is -0.740. The highest BCUT2D eigenvalue weighted by Crippen LogP contribution is 2.16. The number of aromatic nitrogens is 2. The van der Waals surface area contributed by atoms with Gasteiger partial charge in [-0.1, -0.05) is 28.9 Å². The van der Waals surface area contributed by atoms with Gasteiger partial charge in [0.2, 0.25) is 0 Å². The summed E-state index contributed by atoms with van der Waals surface area (Å²) >= 11 is 5.72. The zero-order chi connectivity index (χ0) is 14.7. The molecule has 0 unspecified atom stereocenters. The van der Waals surface area contributed by atoms with Crippen LogP contribution in [0.5, 0.6) is 0 Å². The van der Waals surface area contributed by atoms with E-state index in [1.807, 2.05) is 0 Å². The van der Waals surface area contributed by atoms with E-state index in [2.05, 4.69) is 15.4 Å². The number of hydrogen-bond donors (Lipinski definition) is 3. The highest BCUT2D eigenvalue weighted by Gasteiger charge is 2.15. The molecule has 0 saturated carbocycles. The lowest BCUT2D eigenvalue weighted by Crippen LogP contribution is -2.17. The number of oxime groups is 1. The molecule has 1 aromatic carbocycles. The molecule has 2 rings (SSSR count). The summed E-state index contributed by atoms with van der Waals surface area (Å²) in [5.41, 5.74) is 13.5. The number of benzene rings is 1. The van der Waals surface area contributed by atoms with Crippen LogP contribution in [0, 0.1) is 6.92 Å². The van der Waals surface area contributed by atoms with Gasteiger partial charge in [0.05, 0.1) is 11.2 Å². The molecule has 0 aliphatic carbocycles. The lowest BCUT2D eigenvalue weighted by atomic mass is 10.1. The first-order chi connectivity index (χ1) is 9.50. The number of nitrogens with zero attached hydrogens (tertiary/aromatic N) is 2. The van der Waals surface area contributed by atoms with E-state index in [0.29, 0.717) is 11.3 Å². The number of hydrogen-bond acceptors (Lipinski definition) is 5. The third-order valence-corrected chi connectivity index (χ3v) is 2.96. The minimum atomic E-state index is -0.781. The van der Waals surface area contributed by atoms with E-state index in [0.717, 1.165) is 5.56 Å². The number of nitrogens with two attached hydrogens (primary N) is 2. The highest BCUT2D eigenvalue weighted by atomic mass is 35.5. The molecule has 0 saturated heterocycles. The van der Waals surface area contributed by atoms with Gasteiger partial charge in [0.1, 0.15) is 0 Å². The molecule has 0 aliphatic heterocycles. The Balaban J connectivity index is 2.18. The second-order valence-corrected chi connectivity index (χ2v) is 4.38. The van der Waals surface area contributed by atoms with Gasteiger partial charge in [-0.2, -0.15) is 5.10 Å². The van der Waals surface area contributed by atoms with Gasteiger partial charge >= 0.3 is 5.97 Å². The summed E-state index contributed by atoms with van der Waals surface area (Å²) in [5, 5.41) is 9.72. The number of aromatic amines is 1. The minimum absolute atomic E-state index is 0.00696. The molecular formula is C12H12ClN5O2. The van der Waals surface area contributed by atoms with Gasteiger partial charge in [-0.15, -0.1) is 0 Å². The molecule has 0 fully saturated rings. The van der Waals surface area contributed by atoms with Crippen LogP contribution in [0.1, 0.15) is 21.6 Å². The van der Waals surface area contributed by atoms with Crippen molar-refractivity contribution >= 4 is 29.1 Å². The number of amidine groups is 1. The molecule has 7 nitrogen and oxygen atoms in total. The van der Waals surface area contributed by atoms with Gasteiger partial charge in [0.25, 0.3) is 0 Å². The summed E-state index contributed by atoms with van der Waals surface area (Å²) in [7, 11) is 0. The first kappa shape index (κ1) is 13.9. The fraction of sp³-hybridized carbons (Fsp3) is 0.0833. The molecule has 0 radical (unpaired) electrons. The predicted octanol–water partition coefficient (Wildman–Crippen LogP) is 1.43. The maximum Gasteiger partial charge on any atom is 0.384 e. The molecule has 0 spiro atoms. The lowest BCUT2D eigenvalue weighted by molar-refractivity contribution is 0.0509. The molecule has 0 aliphatic rings. The van der Waals surface area contributed by atoms with Crippen LogP contribution in [-0.4, -0.2) is 22.0 Å². The van der Waals surface area contributed by atoms with Crippen molar-refractivity contribution in [2.24, 2.45) is 10.9 Å². The SMILES string of the molecule is Cc1c(N)cccc1/C(N)=N/OC(=O)c1[nH]ncc1Cl. The molecule has 1 aromatic heterocycles. The number of rotatable bonds is 3. The Labute approximate surface area is 119 Å². The smallest absolute Gasteiger partial charge is 0.384 e. The summed E-state index contributed by atoms with van der Waals surface area (Å²) in [6, 6.07) is 5.19. The van der Waals surface area contributed by atoms with Crippen molar-refractivity contribution in [1.82, 2.24) is 10.2 Å². The molecule has 0 atom stereocenters. The van der Waals surface area contributed by atoms with E-state index in [1.165, 1.54) is 6.20 Å². The standard InChI is InChI=1S/C12H12ClN5O2/c1-6-7(3-2-4-9(6)14)11(15)18-20-12(19)10-8(13)5-16-17-10/h2-5H,14H2,1H3,(H2,15,18)(H,16,17). The van der Waals surface area contributed by atoms with Crippen molar-refractivity contribution in [3.05, 3.63) is 46.2 Å². The van der Waals surface area contributed by atoms with Crippen LogP contribution < -0.4 is 11.5 Å². The number of nitrogens with one attached hydrogen (secondary N) is 1. The van der Waals surface area contributed by atoms with Crippen molar-refractivity contribution in [3.8, 4) is 0 Å². The first-order valence-corrected chi connectivity index (χ1v) is 5.97. The van der Waals surface area contributed by atoms with Gasteiger partial charge in [-0.3, -0.25) is 5.10 Å². The summed E-state index contributed by atoms with van der Waals surface area (Å²) in [6.07, 6.45) is 1.28. The molecular weight excluding hydrogens is 282 g/mol. The number of halogens is 1. The van der Waals surface area contributed by atoms with E-state index in [-0.39, 0.29) is 16.6 Å². The van der Waals surface area contributed by atoms with E-state index < -0.39 is 5.97 Å².